The first kappa shape index (κ1) is 24.3. The lowest BCUT2D eigenvalue weighted by molar-refractivity contribution is -0.151. The Labute approximate surface area is 171 Å². The van der Waals surface area contributed by atoms with Crippen LogP contribution in [0.15, 0.2) is 0 Å². The third-order valence-corrected chi connectivity index (χ3v) is 5.25. The van der Waals surface area contributed by atoms with E-state index in [9.17, 15) is 19.2 Å². The number of hydrogen-bond acceptors (Lipinski definition) is 6. The molecule has 0 bridgehead atoms. The Morgan fingerprint density at radius 3 is 2.29 bits per heavy atom. The van der Waals surface area contributed by atoms with Gasteiger partial charge in [-0.1, -0.05) is 19.3 Å². The van der Waals surface area contributed by atoms with Crippen molar-refractivity contribution in [2.45, 2.75) is 77.5 Å². The minimum absolute atomic E-state index is 0.00524. The highest BCUT2D eigenvalue weighted by atomic mass is 32.2. The third-order valence-electron chi connectivity index (χ3n) is 4.36. The second-order valence-electron chi connectivity index (χ2n) is 8.11. The first-order valence-electron chi connectivity index (χ1n) is 9.65. The molecule has 0 unspecified atom stereocenters. The summed E-state index contributed by atoms with van der Waals surface area (Å²) in [6.07, 6.45) is 4.49. The molecule has 2 N–H and O–H groups in total. The molecule has 0 aromatic heterocycles. The van der Waals surface area contributed by atoms with Gasteiger partial charge in [0.15, 0.2) is 6.10 Å². The summed E-state index contributed by atoms with van der Waals surface area (Å²) in [5.41, 5.74) is -0.488. The van der Waals surface area contributed by atoms with Crippen LogP contribution in [-0.2, 0) is 19.1 Å². The summed E-state index contributed by atoms with van der Waals surface area (Å²) in [5.74, 6) is -1.15. The maximum Gasteiger partial charge on any atom is 0.321 e. The first-order chi connectivity index (χ1) is 13.0. The van der Waals surface area contributed by atoms with Gasteiger partial charge in [0, 0.05) is 18.6 Å². The van der Waals surface area contributed by atoms with Crippen molar-refractivity contribution in [3.8, 4) is 0 Å². The average molecular weight is 416 g/mol. The quantitative estimate of drug-likeness (QED) is 0.617. The van der Waals surface area contributed by atoms with Gasteiger partial charge in [0.2, 0.25) is 5.91 Å². The van der Waals surface area contributed by atoms with Gasteiger partial charge in [0.1, 0.15) is 0 Å². The molecule has 0 heterocycles. The zero-order valence-electron chi connectivity index (χ0n) is 17.5. The number of amides is 4. The lowest BCUT2D eigenvalue weighted by atomic mass is 9.94. The summed E-state index contributed by atoms with van der Waals surface area (Å²) in [5, 5.41) is 4.72. The van der Waals surface area contributed by atoms with Crippen molar-refractivity contribution in [3.05, 3.63) is 0 Å². The Kier molecular flexibility index (Phi) is 9.78. The number of rotatable bonds is 7. The van der Waals surface area contributed by atoms with E-state index in [0.717, 1.165) is 37.4 Å². The molecule has 1 aliphatic carbocycles. The molecule has 1 aliphatic rings. The van der Waals surface area contributed by atoms with Gasteiger partial charge in [0.25, 0.3) is 5.91 Å². The van der Waals surface area contributed by atoms with Gasteiger partial charge < -0.3 is 15.0 Å². The van der Waals surface area contributed by atoms with Crippen LogP contribution in [0.2, 0.25) is 0 Å². The molecule has 1 fully saturated rings. The van der Waals surface area contributed by atoms with Crippen molar-refractivity contribution in [2.75, 3.05) is 18.6 Å². The van der Waals surface area contributed by atoms with Crippen molar-refractivity contribution in [2.24, 2.45) is 0 Å². The fraction of sp³-hybridized carbons (Fsp3) is 0.789. The summed E-state index contributed by atoms with van der Waals surface area (Å²) in [4.78, 5) is 49.5. The molecule has 0 spiro atoms. The molecule has 1 saturated carbocycles. The van der Waals surface area contributed by atoms with Gasteiger partial charge >= 0.3 is 12.0 Å². The molecule has 0 aliphatic heterocycles. The Morgan fingerprint density at radius 2 is 1.71 bits per heavy atom. The number of nitrogens with one attached hydrogen (secondary N) is 2. The molecule has 0 saturated heterocycles. The summed E-state index contributed by atoms with van der Waals surface area (Å²) in [7, 11) is 1.81. The van der Waals surface area contributed by atoms with Crippen molar-refractivity contribution < 1.29 is 23.9 Å². The number of esters is 1. The van der Waals surface area contributed by atoms with Crippen LogP contribution in [0.25, 0.3) is 0 Å². The second kappa shape index (κ2) is 11.3. The van der Waals surface area contributed by atoms with E-state index in [1.54, 1.807) is 25.7 Å². The highest BCUT2D eigenvalue weighted by Crippen LogP contribution is 2.22. The van der Waals surface area contributed by atoms with E-state index in [-0.39, 0.29) is 23.5 Å². The minimum atomic E-state index is -1.10. The predicted octanol–water partition coefficient (Wildman–Crippen LogP) is 2.07. The van der Waals surface area contributed by atoms with Gasteiger partial charge in [-0.2, -0.15) is 0 Å². The number of urea groups is 1. The Hall–Kier alpha value is -1.77. The van der Waals surface area contributed by atoms with Gasteiger partial charge in [-0.05, 0) is 40.5 Å². The number of carbonyl (C=O) groups is 4. The van der Waals surface area contributed by atoms with Crippen LogP contribution in [0.4, 0.5) is 4.79 Å². The number of hydrogen-bond donors (Lipinski definition) is 2. The smallest absolute Gasteiger partial charge is 0.321 e. The summed E-state index contributed by atoms with van der Waals surface area (Å²) < 4.78 is 5.03. The van der Waals surface area contributed by atoms with E-state index in [2.05, 4.69) is 10.6 Å². The van der Waals surface area contributed by atoms with Crippen molar-refractivity contribution >= 4 is 35.6 Å². The Bertz CT molecular complexity index is 570. The van der Waals surface area contributed by atoms with Crippen molar-refractivity contribution in [1.29, 1.82) is 0 Å². The molecule has 1 rings (SSSR count). The van der Waals surface area contributed by atoms with E-state index in [4.69, 9.17) is 4.74 Å². The topological polar surface area (TPSA) is 105 Å². The number of nitrogens with zero attached hydrogens (tertiary/aromatic N) is 1. The lowest BCUT2D eigenvalue weighted by Crippen LogP contribution is -2.50. The standard InChI is InChI=1S/C19H33N3O5S/c1-13(17(25)20-18(26)21-19(2,3)4)27-16(24)12-28-11-15(23)22(5)14-9-7-6-8-10-14/h13-14H,6-12H2,1-5H3,(H2,20,21,25,26)/t13-/m1/s1. The fourth-order valence-corrected chi connectivity index (χ4v) is 3.58. The largest absolute Gasteiger partial charge is 0.452 e. The Morgan fingerprint density at radius 1 is 1.11 bits per heavy atom. The monoisotopic (exact) mass is 415 g/mol. The van der Waals surface area contributed by atoms with Gasteiger partial charge in [-0.25, -0.2) is 4.79 Å². The number of carbonyl (C=O) groups excluding carboxylic acids is 4. The molecule has 1 atom stereocenters. The Balaban J connectivity index is 2.28. The molecular formula is C19H33N3O5S. The van der Waals surface area contributed by atoms with Crippen LogP contribution in [-0.4, -0.2) is 65.0 Å². The highest BCUT2D eigenvalue weighted by Gasteiger charge is 2.24. The van der Waals surface area contributed by atoms with Crippen LogP contribution >= 0.6 is 11.8 Å². The van der Waals surface area contributed by atoms with Gasteiger partial charge in [-0.3, -0.25) is 19.7 Å². The number of imide groups is 1. The SMILES string of the molecule is C[C@@H](OC(=O)CSCC(=O)N(C)C1CCCCC1)C(=O)NC(=O)NC(C)(C)C. The van der Waals surface area contributed by atoms with Crippen molar-refractivity contribution in [1.82, 2.24) is 15.5 Å². The molecule has 28 heavy (non-hydrogen) atoms. The third kappa shape index (κ3) is 9.43. The normalized spacial score (nSPS) is 16.0. The number of thioether (sulfide) groups is 1. The van der Waals surface area contributed by atoms with Crippen LogP contribution in [0.1, 0.15) is 59.8 Å². The van der Waals surface area contributed by atoms with Gasteiger partial charge in [0.05, 0.1) is 11.5 Å². The van der Waals surface area contributed by atoms with Crippen LogP contribution in [0, 0.1) is 0 Å². The maximum absolute atomic E-state index is 12.2. The molecule has 4 amide bonds. The summed E-state index contributed by atoms with van der Waals surface area (Å²) in [6, 6.07) is -0.358. The maximum atomic E-state index is 12.2. The van der Waals surface area contributed by atoms with E-state index in [0.29, 0.717) is 0 Å². The van der Waals surface area contributed by atoms with E-state index < -0.39 is 29.6 Å². The molecule has 9 heteroatoms. The predicted molar refractivity (Wildman–Crippen MR) is 109 cm³/mol. The molecule has 8 nitrogen and oxygen atoms in total. The van der Waals surface area contributed by atoms with Crippen molar-refractivity contribution in [3.63, 3.8) is 0 Å². The fourth-order valence-electron chi connectivity index (χ4n) is 2.87. The van der Waals surface area contributed by atoms with Crippen LogP contribution in [0.3, 0.4) is 0 Å². The molecule has 0 radical (unpaired) electrons. The average Bonchev–Trinajstić information content (AvgIpc) is 2.59. The summed E-state index contributed by atoms with van der Waals surface area (Å²) >= 11 is 1.16. The lowest BCUT2D eigenvalue weighted by Gasteiger charge is -2.31. The summed E-state index contributed by atoms with van der Waals surface area (Å²) in [6.45, 7) is 6.74. The zero-order valence-corrected chi connectivity index (χ0v) is 18.3. The molecule has 0 aromatic rings. The highest BCUT2D eigenvalue weighted by molar-refractivity contribution is 8.00. The number of ether oxygens (including phenoxy) is 1. The van der Waals surface area contributed by atoms with Crippen LogP contribution in [0.5, 0.6) is 0 Å². The van der Waals surface area contributed by atoms with Crippen LogP contribution < -0.4 is 10.6 Å². The first-order valence-corrected chi connectivity index (χ1v) is 10.8. The van der Waals surface area contributed by atoms with E-state index in [1.807, 2.05) is 7.05 Å². The minimum Gasteiger partial charge on any atom is -0.452 e. The second-order valence-corrected chi connectivity index (χ2v) is 9.10. The van der Waals surface area contributed by atoms with E-state index in [1.165, 1.54) is 13.3 Å². The van der Waals surface area contributed by atoms with E-state index >= 15 is 0 Å². The van der Waals surface area contributed by atoms with Gasteiger partial charge in [-0.15, -0.1) is 11.8 Å². The zero-order chi connectivity index (χ0) is 21.3. The molecule has 160 valence electrons. The molecule has 0 aromatic carbocycles. The molecular weight excluding hydrogens is 382 g/mol.